The van der Waals surface area contributed by atoms with E-state index in [0.717, 1.165) is 0 Å². The van der Waals surface area contributed by atoms with Crippen LogP contribution in [0, 0.1) is 11.3 Å². The summed E-state index contributed by atoms with van der Waals surface area (Å²) < 4.78 is 0. The van der Waals surface area contributed by atoms with E-state index in [9.17, 15) is 9.59 Å². The van der Waals surface area contributed by atoms with Crippen LogP contribution in [0.2, 0.25) is 0 Å². The third-order valence-corrected chi connectivity index (χ3v) is 1.73. The first-order valence-corrected chi connectivity index (χ1v) is 3.88. The second-order valence-corrected chi connectivity index (χ2v) is 2.64. The average Bonchev–Trinajstić information content (AvgIpc) is 2.20. The number of nitrogens with zero attached hydrogens (tertiary/aromatic N) is 1. The molecule has 1 aromatic carbocycles. The molecule has 0 saturated heterocycles. The monoisotopic (exact) mass is 189 g/mol. The van der Waals surface area contributed by atoms with Gasteiger partial charge >= 0.3 is 5.97 Å². The van der Waals surface area contributed by atoms with Crippen molar-refractivity contribution in [2.24, 2.45) is 0 Å². The van der Waals surface area contributed by atoms with Crippen molar-refractivity contribution in [3.63, 3.8) is 0 Å². The Bertz CT molecular complexity index is 392. The number of carboxylic acids is 1. The van der Waals surface area contributed by atoms with Crippen LogP contribution in [0.25, 0.3) is 0 Å². The molecule has 1 N–H and O–H groups in total. The van der Waals surface area contributed by atoms with Crippen LogP contribution >= 0.6 is 0 Å². The first-order chi connectivity index (χ1) is 6.66. The fourth-order valence-corrected chi connectivity index (χ4v) is 1.05. The Morgan fingerprint density at radius 1 is 1.29 bits per heavy atom. The number of benzene rings is 1. The molecule has 70 valence electrons. The standard InChI is InChI=1S/C10H7NO3/c11-6-8(9(12)10(13)14)7-4-2-1-3-5-7/h1-5,8H,(H,13,14). The van der Waals surface area contributed by atoms with Gasteiger partial charge in [-0.3, -0.25) is 4.79 Å². The van der Waals surface area contributed by atoms with E-state index in [1.807, 2.05) is 0 Å². The molecule has 0 bridgehead atoms. The van der Waals surface area contributed by atoms with Crippen LogP contribution < -0.4 is 0 Å². The number of aliphatic carboxylic acids is 1. The molecule has 0 aliphatic rings. The maximum atomic E-state index is 11.1. The molecule has 0 fully saturated rings. The minimum absolute atomic E-state index is 0.405. The molecule has 4 heteroatoms. The largest absolute Gasteiger partial charge is 0.475 e. The summed E-state index contributed by atoms with van der Waals surface area (Å²) >= 11 is 0. The van der Waals surface area contributed by atoms with Crippen LogP contribution in [0.3, 0.4) is 0 Å². The lowest BCUT2D eigenvalue weighted by atomic mass is 9.96. The Labute approximate surface area is 80.4 Å². The third kappa shape index (κ3) is 1.96. The zero-order valence-corrected chi connectivity index (χ0v) is 7.18. The third-order valence-electron chi connectivity index (χ3n) is 1.73. The number of carbonyl (C=O) groups is 2. The molecule has 1 unspecified atom stereocenters. The minimum atomic E-state index is -1.58. The number of hydrogen-bond donors (Lipinski definition) is 1. The molecule has 0 aromatic heterocycles. The van der Waals surface area contributed by atoms with Gasteiger partial charge in [0.15, 0.2) is 0 Å². The molecular weight excluding hydrogens is 182 g/mol. The van der Waals surface area contributed by atoms with Gasteiger partial charge in [0.2, 0.25) is 0 Å². The zero-order valence-electron chi connectivity index (χ0n) is 7.18. The lowest BCUT2D eigenvalue weighted by molar-refractivity contribution is -0.149. The fraction of sp³-hybridized carbons (Fsp3) is 0.100. The summed E-state index contributed by atoms with van der Waals surface area (Å²) in [6, 6.07) is 9.79. The maximum Gasteiger partial charge on any atom is 0.373 e. The highest BCUT2D eigenvalue weighted by Crippen LogP contribution is 2.15. The van der Waals surface area contributed by atoms with Gasteiger partial charge in [-0.2, -0.15) is 5.26 Å². The Morgan fingerprint density at radius 2 is 1.86 bits per heavy atom. The summed E-state index contributed by atoms with van der Waals surface area (Å²) in [6.07, 6.45) is 0. The number of hydrogen-bond acceptors (Lipinski definition) is 3. The van der Waals surface area contributed by atoms with Crippen LogP contribution in [0.5, 0.6) is 0 Å². The van der Waals surface area contributed by atoms with Gasteiger partial charge in [-0.15, -0.1) is 0 Å². The Kier molecular flexibility index (Phi) is 2.97. The molecule has 1 rings (SSSR count). The first-order valence-electron chi connectivity index (χ1n) is 3.88. The molecule has 0 amide bonds. The second kappa shape index (κ2) is 4.19. The van der Waals surface area contributed by atoms with Crippen LogP contribution in [0.4, 0.5) is 0 Å². The van der Waals surface area contributed by atoms with Crippen molar-refractivity contribution in [1.29, 1.82) is 5.26 Å². The zero-order chi connectivity index (χ0) is 10.6. The number of carbonyl (C=O) groups excluding carboxylic acids is 1. The van der Waals surface area contributed by atoms with E-state index in [2.05, 4.69) is 0 Å². The van der Waals surface area contributed by atoms with Crippen molar-refractivity contribution in [3.8, 4) is 6.07 Å². The molecule has 0 aliphatic carbocycles. The van der Waals surface area contributed by atoms with Crippen LogP contribution in [0.15, 0.2) is 30.3 Å². The van der Waals surface area contributed by atoms with Crippen molar-refractivity contribution in [2.45, 2.75) is 5.92 Å². The van der Waals surface area contributed by atoms with Gasteiger partial charge in [-0.25, -0.2) is 4.79 Å². The van der Waals surface area contributed by atoms with E-state index in [4.69, 9.17) is 10.4 Å². The van der Waals surface area contributed by atoms with Crippen LogP contribution in [-0.4, -0.2) is 16.9 Å². The Balaban J connectivity index is 3.01. The quantitative estimate of drug-likeness (QED) is 0.718. The summed E-state index contributed by atoms with van der Waals surface area (Å²) in [4.78, 5) is 21.4. The Hall–Kier alpha value is -2.15. The fourth-order valence-electron chi connectivity index (χ4n) is 1.05. The predicted molar refractivity (Wildman–Crippen MR) is 47.4 cm³/mol. The topological polar surface area (TPSA) is 78.2 Å². The first kappa shape index (κ1) is 9.93. The molecule has 1 aromatic rings. The number of Topliss-reactive ketones (excluding diaryl/α,β-unsaturated/α-hetero) is 1. The lowest BCUT2D eigenvalue weighted by Gasteiger charge is -2.03. The van der Waals surface area contributed by atoms with E-state index in [1.165, 1.54) is 0 Å². The van der Waals surface area contributed by atoms with Crippen molar-refractivity contribution >= 4 is 11.8 Å². The average molecular weight is 189 g/mol. The summed E-state index contributed by atoms with van der Waals surface area (Å²) in [5.74, 6) is -3.90. The Morgan fingerprint density at radius 3 is 2.29 bits per heavy atom. The van der Waals surface area contributed by atoms with Crippen molar-refractivity contribution in [2.75, 3.05) is 0 Å². The van der Waals surface area contributed by atoms with Gasteiger partial charge in [0.05, 0.1) is 6.07 Å². The van der Waals surface area contributed by atoms with E-state index in [1.54, 1.807) is 36.4 Å². The summed E-state index contributed by atoms with van der Waals surface area (Å²) in [5, 5.41) is 17.1. The molecule has 14 heavy (non-hydrogen) atoms. The number of rotatable bonds is 3. The molecule has 0 radical (unpaired) electrons. The highest BCUT2D eigenvalue weighted by Gasteiger charge is 2.25. The van der Waals surface area contributed by atoms with E-state index in [0.29, 0.717) is 5.56 Å². The van der Waals surface area contributed by atoms with Gasteiger partial charge in [0.1, 0.15) is 5.92 Å². The van der Waals surface area contributed by atoms with Gasteiger partial charge < -0.3 is 5.11 Å². The SMILES string of the molecule is N#CC(C(=O)C(=O)O)c1ccccc1. The van der Waals surface area contributed by atoms with Crippen LogP contribution in [0.1, 0.15) is 11.5 Å². The normalized spacial score (nSPS) is 11.4. The van der Waals surface area contributed by atoms with Crippen molar-refractivity contribution < 1.29 is 14.7 Å². The smallest absolute Gasteiger partial charge is 0.373 e. The molecule has 0 saturated carbocycles. The highest BCUT2D eigenvalue weighted by atomic mass is 16.4. The van der Waals surface area contributed by atoms with Gasteiger partial charge in [-0.1, -0.05) is 30.3 Å². The van der Waals surface area contributed by atoms with Crippen molar-refractivity contribution in [1.82, 2.24) is 0 Å². The molecule has 1 atom stereocenters. The molecule has 0 aliphatic heterocycles. The summed E-state index contributed by atoms with van der Waals surface area (Å²) in [5.41, 5.74) is 0.405. The highest BCUT2D eigenvalue weighted by molar-refractivity contribution is 6.35. The van der Waals surface area contributed by atoms with Gasteiger partial charge in [-0.05, 0) is 5.56 Å². The second-order valence-electron chi connectivity index (χ2n) is 2.64. The minimum Gasteiger partial charge on any atom is -0.475 e. The van der Waals surface area contributed by atoms with Gasteiger partial charge in [0, 0.05) is 0 Å². The number of ketones is 1. The number of carboxylic acid groups (broad SMARTS) is 1. The summed E-state index contributed by atoms with van der Waals surface area (Å²) in [6.45, 7) is 0. The predicted octanol–water partition coefficient (Wildman–Crippen LogP) is 0.947. The van der Waals surface area contributed by atoms with Crippen LogP contribution in [-0.2, 0) is 9.59 Å². The summed E-state index contributed by atoms with van der Waals surface area (Å²) in [7, 11) is 0. The lowest BCUT2D eigenvalue weighted by Crippen LogP contribution is -2.20. The molecule has 4 nitrogen and oxygen atoms in total. The van der Waals surface area contributed by atoms with E-state index >= 15 is 0 Å². The van der Waals surface area contributed by atoms with Gasteiger partial charge in [0.25, 0.3) is 5.78 Å². The molecule has 0 spiro atoms. The maximum absolute atomic E-state index is 11.1. The molecule has 0 heterocycles. The molecular formula is C10H7NO3. The number of nitriles is 1. The van der Waals surface area contributed by atoms with E-state index in [-0.39, 0.29) is 0 Å². The van der Waals surface area contributed by atoms with Crippen molar-refractivity contribution in [3.05, 3.63) is 35.9 Å². The van der Waals surface area contributed by atoms with E-state index < -0.39 is 17.7 Å².